The van der Waals surface area contributed by atoms with Crippen LogP contribution in [0.15, 0.2) is 48.7 Å². The Morgan fingerprint density at radius 1 is 1.23 bits per heavy atom. The highest BCUT2D eigenvalue weighted by molar-refractivity contribution is 6.12. The van der Waals surface area contributed by atoms with Gasteiger partial charge in [-0.15, -0.1) is 0 Å². The van der Waals surface area contributed by atoms with E-state index in [9.17, 15) is 14.9 Å². The Morgan fingerprint density at radius 2 is 2.00 bits per heavy atom. The molecule has 1 amide bonds. The van der Waals surface area contributed by atoms with Crippen molar-refractivity contribution in [3.8, 4) is 5.75 Å². The van der Waals surface area contributed by atoms with Crippen LogP contribution in [0.3, 0.4) is 0 Å². The summed E-state index contributed by atoms with van der Waals surface area (Å²) in [5.74, 6) is 0.320. The van der Waals surface area contributed by atoms with Crippen LogP contribution in [0, 0.1) is 10.1 Å². The number of ether oxygens (including phenoxy) is 1. The number of methoxy groups -OCH3 is 1. The van der Waals surface area contributed by atoms with E-state index in [1.54, 1.807) is 44.6 Å². The van der Waals surface area contributed by atoms with Crippen molar-refractivity contribution in [1.29, 1.82) is 0 Å². The Balaban J connectivity index is 2.07. The molecule has 1 N–H and O–H groups in total. The maximum atomic E-state index is 13.3. The molecule has 132 valence electrons. The van der Waals surface area contributed by atoms with Crippen molar-refractivity contribution >= 4 is 22.5 Å². The van der Waals surface area contributed by atoms with Gasteiger partial charge in [-0.1, -0.05) is 18.2 Å². The lowest BCUT2D eigenvalue weighted by Gasteiger charge is -2.24. The summed E-state index contributed by atoms with van der Waals surface area (Å²) in [5, 5.41) is 12.3. The predicted octanol–water partition coefficient (Wildman–Crippen LogP) is 2.72. The number of carbonyl (C=O) groups excluding carboxylic acids is 1. The van der Waals surface area contributed by atoms with Crippen LogP contribution in [-0.2, 0) is 10.2 Å². The summed E-state index contributed by atoms with van der Waals surface area (Å²) >= 11 is 0. The van der Waals surface area contributed by atoms with Crippen LogP contribution in [-0.4, -0.2) is 36.5 Å². The van der Waals surface area contributed by atoms with Crippen LogP contribution in [0.1, 0.15) is 11.1 Å². The van der Waals surface area contributed by atoms with Crippen LogP contribution in [0.4, 0.5) is 5.69 Å². The van der Waals surface area contributed by atoms with E-state index in [0.29, 0.717) is 22.6 Å². The molecular weight excluding hydrogens is 334 g/mol. The first-order valence-electron chi connectivity index (χ1n) is 8.14. The maximum Gasteiger partial charge on any atom is 0.248 e. The Bertz CT molecular complexity index is 1040. The largest absolute Gasteiger partial charge is 0.497 e. The minimum absolute atomic E-state index is 0.306. The second-order valence-corrected chi connectivity index (χ2v) is 6.39. The number of aromatic amines is 1. The number of aromatic nitrogens is 1. The SMILES string of the molecule is COc1ccc2[nH]cc([C@]3(C[N+](=O)[O-])C(=O)N(C)c4ccccc43)c2c1. The first-order chi connectivity index (χ1) is 12.5. The van der Waals surface area contributed by atoms with Crippen LogP contribution >= 0.6 is 0 Å². The van der Waals surface area contributed by atoms with E-state index in [0.717, 1.165) is 10.9 Å². The summed E-state index contributed by atoms with van der Waals surface area (Å²) < 4.78 is 5.30. The van der Waals surface area contributed by atoms with Crippen molar-refractivity contribution in [2.24, 2.45) is 0 Å². The van der Waals surface area contributed by atoms with E-state index >= 15 is 0 Å². The van der Waals surface area contributed by atoms with Crippen molar-refractivity contribution in [2.45, 2.75) is 5.41 Å². The van der Waals surface area contributed by atoms with Crippen LogP contribution in [0.2, 0.25) is 0 Å². The third-order valence-corrected chi connectivity index (χ3v) is 5.11. The lowest BCUT2D eigenvalue weighted by Crippen LogP contribution is -2.44. The number of para-hydroxylation sites is 1. The van der Waals surface area contributed by atoms with Gasteiger partial charge in [-0.05, 0) is 24.3 Å². The lowest BCUT2D eigenvalue weighted by atomic mass is 9.75. The van der Waals surface area contributed by atoms with Gasteiger partial charge in [0.25, 0.3) is 0 Å². The predicted molar refractivity (Wildman–Crippen MR) is 97.3 cm³/mol. The highest BCUT2D eigenvalue weighted by atomic mass is 16.6. The zero-order chi connectivity index (χ0) is 18.5. The molecule has 26 heavy (non-hydrogen) atoms. The molecule has 1 atom stereocenters. The first kappa shape index (κ1) is 16.1. The van der Waals surface area contributed by atoms with Crippen LogP contribution < -0.4 is 9.64 Å². The van der Waals surface area contributed by atoms with Gasteiger partial charge >= 0.3 is 0 Å². The highest BCUT2D eigenvalue weighted by Gasteiger charge is 2.55. The molecule has 0 unspecified atom stereocenters. The van der Waals surface area contributed by atoms with Crippen molar-refractivity contribution < 1.29 is 14.5 Å². The van der Waals surface area contributed by atoms with Crippen molar-refractivity contribution in [3.63, 3.8) is 0 Å². The van der Waals surface area contributed by atoms with Gasteiger partial charge in [0.1, 0.15) is 5.75 Å². The summed E-state index contributed by atoms with van der Waals surface area (Å²) in [6, 6.07) is 12.7. The number of amides is 1. The number of rotatable bonds is 4. The number of nitro groups is 1. The molecule has 2 aromatic carbocycles. The number of anilines is 1. The molecular formula is C19H17N3O4. The molecule has 1 aromatic heterocycles. The molecule has 4 rings (SSSR count). The molecule has 0 spiro atoms. The normalized spacial score (nSPS) is 19.0. The van der Waals surface area contributed by atoms with Crippen LogP contribution in [0.25, 0.3) is 10.9 Å². The van der Waals surface area contributed by atoms with Gasteiger partial charge in [0.2, 0.25) is 12.5 Å². The smallest absolute Gasteiger partial charge is 0.248 e. The Labute approximate surface area is 149 Å². The number of hydrogen-bond donors (Lipinski definition) is 1. The molecule has 7 heteroatoms. The summed E-state index contributed by atoms with van der Waals surface area (Å²) in [6.45, 7) is -0.517. The zero-order valence-corrected chi connectivity index (χ0v) is 14.4. The number of carbonyl (C=O) groups is 1. The number of fused-ring (bicyclic) bond motifs is 2. The number of likely N-dealkylation sites (N-methyl/N-ethyl adjacent to an activating group) is 1. The van der Waals surface area contributed by atoms with Gasteiger partial charge in [0.05, 0.1) is 7.11 Å². The fraction of sp³-hybridized carbons (Fsp3) is 0.211. The summed E-state index contributed by atoms with van der Waals surface area (Å²) in [7, 11) is 3.21. The molecule has 1 aliphatic rings. The van der Waals surface area contributed by atoms with Crippen molar-refractivity contribution in [3.05, 3.63) is 69.9 Å². The van der Waals surface area contributed by atoms with Gasteiger partial charge in [0.15, 0.2) is 5.41 Å². The maximum absolute atomic E-state index is 13.3. The number of H-pyrrole nitrogens is 1. The number of hydrogen-bond acceptors (Lipinski definition) is 4. The monoisotopic (exact) mass is 351 g/mol. The average Bonchev–Trinajstić information content (AvgIpc) is 3.15. The van der Waals surface area contributed by atoms with Gasteiger partial charge in [-0.2, -0.15) is 0 Å². The van der Waals surface area contributed by atoms with Crippen molar-refractivity contribution in [1.82, 2.24) is 4.98 Å². The Hall–Kier alpha value is -3.35. The second-order valence-electron chi connectivity index (χ2n) is 6.39. The first-order valence-corrected chi connectivity index (χ1v) is 8.14. The molecule has 1 aliphatic heterocycles. The number of nitrogens with one attached hydrogen (secondary N) is 1. The van der Waals surface area contributed by atoms with E-state index in [2.05, 4.69) is 4.98 Å². The van der Waals surface area contributed by atoms with Gasteiger partial charge < -0.3 is 14.6 Å². The zero-order valence-electron chi connectivity index (χ0n) is 14.4. The van der Waals surface area contributed by atoms with Gasteiger partial charge in [0, 0.05) is 45.9 Å². The molecule has 0 saturated carbocycles. The average molecular weight is 351 g/mol. The molecule has 0 saturated heterocycles. The fourth-order valence-electron chi connectivity index (χ4n) is 3.91. The lowest BCUT2D eigenvalue weighted by molar-refractivity contribution is -0.486. The standard InChI is InChI=1S/C19H17N3O4/c1-21-17-6-4-3-5-14(17)19(18(21)23,11-22(24)25)15-10-20-16-8-7-12(26-2)9-13(15)16/h3-10,20H,11H2,1-2H3/t19-/m1/s1. The van der Waals surface area contributed by atoms with E-state index in [1.807, 2.05) is 18.2 Å². The second kappa shape index (κ2) is 5.59. The molecule has 7 nitrogen and oxygen atoms in total. The highest BCUT2D eigenvalue weighted by Crippen LogP contribution is 2.47. The molecule has 0 aliphatic carbocycles. The number of benzene rings is 2. The summed E-state index contributed by atoms with van der Waals surface area (Å²) in [4.78, 5) is 29.1. The molecule has 2 heterocycles. The summed E-state index contributed by atoms with van der Waals surface area (Å²) in [6.07, 6.45) is 1.70. The quantitative estimate of drug-likeness (QED) is 0.578. The van der Waals surface area contributed by atoms with E-state index in [4.69, 9.17) is 4.74 Å². The topological polar surface area (TPSA) is 88.5 Å². The number of nitrogens with zero attached hydrogens (tertiary/aromatic N) is 2. The minimum Gasteiger partial charge on any atom is -0.497 e. The Kier molecular flexibility index (Phi) is 3.47. The minimum atomic E-state index is -1.38. The van der Waals surface area contributed by atoms with Gasteiger partial charge in [-0.25, -0.2) is 0 Å². The molecule has 3 aromatic rings. The third kappa shape index (κ3) is 2.03. The van der Waals surface area contributed by atoms with E-state index in [-0.39, 0.29) is 5.91 Å². The molecule has 0 fully saturated rings. The summed E-state index contributed by atoms with van der Waals surface area (Å²) in [5.41, 5.74) is 1.34. The van der Waals surface area contributed by atoms with Crippen molar-refractivity contribution in [2.75, 3.05) is 25.6 Å². The molecule has 0 bridgehead atoms. The van der Waals surface area contributed by atoms with E-state index < -0.39 is 16.9 Å². The van der Waals surface area contributed by atoms with Crippen LogP contribution in [0.5, 0.6) is 5.75 Å². The third-order valence-electron chi connectivity index (χ3n) is 5.11. The molecule has 0 radical (unpaired) electrons. The fourth-order valence-corrected chi connectivity index (χ4v) is 3.91. The Morgan fingerprint density at radius 3 is 2.73 bits per heavy atom. The van der Waals surface area contributed by atoms with E-state index in [1.165, 1.54) is 4.90 Å². The van der Waals surface area contributed by atoms with Gasteiger partial charge in [-0.3, -0.25) is 14.9 Å².